The summed E-state index contributed by atoms with van der Waals surface area (Å²) in [6.45, 7) is 3.56. The molecule has 2 heterocycles. The molecule has 2 aliphatic heterocycles. The molecule has 0 radical (unpaired) electrons. The molecule has 8 heteroatoms. The summed E-state index contributed by atoms with van der Waals surface area (Å²) in [5.41, 5.74) is 1.36. The largest absolute Gasteiger partial charge is 0.392 e. The van der Waals surface area contributed by atoms with Crippen LogP contribution < -0.4 is 15.5 Å². The van der Waals surface area contributed by atoms with Gasteiger partial charge in [0.05, 0.1) is 22.3 Å². The van der Waals surface area contributed by atoms with E-state index in [0.29, 0.717) is 35.9 Å². The van der Waals surface area contributed by atoms with Gasteiger partial charge in [-0.1, -0.05) is 6.92 Å². The van der Waals surface area contributed by atoms with Crippen LogP contribution in [0, 0.1) is 27.9 Å². The number of hydrogen-bond acceptors (Lipinski definition) is 6. The van der Waals surface area contributed by atoms with Gasteiger partial charge in [-0.15, -0.1) is 0 Å². The highest BCUT2D eigenvalue weighted by Gasteiger charge is 2.46. The average Bonchev–Trinajstić information content (AvgIpc) is 2.73. The molecule has 8 nitrogen and oxygen atoms in total. The number of fused-ring (bicyclic) bond motifs is 2. The lowest BCUT2D eigenvalue weighted by Crippen LogP contribution is -2.58. The van der Waals surface area contributed by atoms with Crippen LogP contribution in [-0.2, 0) is 0 Å². The monoisotopic (exact) mass is 402 g/mol. The molecular formula is C21H30N4O4. The van der Waals surface area contributed by atoms with E-state index in [-0.39, 0.29) is 35.6 Å². The maximum Gasteiger partial charge on any atom is 0.293 e. The number of nitro benzene ring substituents is 1. The average molecular weight is 402 g/mol. The van der Waals surface area contributed by atoms with E-state index in [2.05, 4.69) is 22.5 Å². The fourth-order valence-corrected chi connectivity index (χ4v) is 5.10. The van der Waals surface area contributed by atoms with Gasteiger partial charge in [-0.2, -0.15) is 0 Å². The van der Waals surface area contributed by atoms with Crippen molar-refractivity contribution < 1.29 is 14.8 Å². The van der Waals surface area contributed by atoms with E-state index < -0.39 is 4.92 Å². The Kier molecular flexibility index (Phi) is 5.38. The normalized spacial score (nSPS) is 31.0. The van der Waals surface area contributed by atoms with Crippen molar-refractivity contribution in [3.05, 3.63) is 27.8 Å². The van der Waals surface area contributed by atoms with E-state index in [1.54, 1.807) is 13.1 Å². The Bertz CT molecular complexity index is 794. The van der Waals surface area contributed by atoms with Crippen LogP contribution in [0.5, 0.6) is 0 Å². The number of hydrogen-bond donors (Lipinski definition) is 3. The highest BCUT2D eigenvalue weighted by atomic mass is 16.6. The molecule has 4 fully saturated rings. The first-order valence-corrected chi connectivity index (χ1v) is 10.6. The number of aliphatic hydroxyl groups is 1. The summed E-state index contributed by atoms with van der Waals surface area (Å²) in [5, 5.41) is 27.7. The van der Waals surface area contributed by atoms with Crippen molar-refractivity contribution in [1.82, 2.24) is 5.32 Å². The summed E-state index contributed by atoms with van der Waals surface area (Å²) in [4.78, 5) is 26.4. The van der Waals surface area contributed by atoms with Crippen LogP contribution in [-0.4, -0.2) is 48.2 Å². The van der Waals surface area contributed by atoms with Crippen molar-refractivity contribution in [2.45, 2.75) is 51.2 Å². The van der Waals surface area contributed by atoms with Crippen molar-refractivity contribution in [1.29, 1.82) is 0 Å². The summed E-state index contributed by atoms with van der Waals surface area (Å²) >= 11 is 0. The zero-order valence-corrected chi connectivity index (χ0v) is 17.1. The van der Waals surface area contributed by atoms with Crippen molar-refractivity contribution in [2.24, 2.45) is 17.8 Å². The number of benzene rings is 1. The minimum absolute atomic E-state index is 0.0964. The van der Waals surface area contributed by atoms with Gasteiger partial charge >= 0.3 is 0 Å². The molecule has 158 valence electrons. The number of rotatable bonds is 5. The summed E-state index contributed by atoms with van der Waals surface area (Å²) in [7, 11) is 1.65. The van der Waals surface area contributed by atoms with Gasteiger partial charge in [0.15, 0.2) is 0 Å². The Morgan fingerprint density at radius 2 is 1.86 bits per heavy atom. The first-order chi connectivity index (χ1) is 13.9. The maximum absolute atomic E-state index is 13.2. The van der Waals surface area contributed by atoms with Gasteiger partial charge in [0.1, 0.15) is 5.69 Å². The first-order valence-electron chi connectivity index (χ1n) is 10.6. The van der Waals surface area contributed by atoms with Crippen LogP contribution in [0.15, 0.2) is 12.1 Å². The van der Waals surface area contributed by atoms with Crippen molar-refractivity contribution >= 4 is 23.0 Å². The lowest BCUT2D eigenvalue weighted by Gasteiger charge is -2.52. The van der Waals surface area contributed by atoms with Crippen LogP contribution in [0.3, 0.4) is 0 Å². The number of carbonyl (C=O) groups is 1. The summed E-state index contributed by atoms with van der Waals surface area (Å²) in [6, 6.07) is 3.23. The number of amides is 1. The van der Waals surface area contributed by atoms with Crippen molar-refractivity contribution in [3.8, 4) is 0 Å². The van der Waals surface area contributed by atoms with Crippen LogP contribution >= 0.6 is 0 Å². The summed E-state index contributed by atoms with van der Waals surface area (Å²) < 4.78 is 0. The molecule has 2 saturated carbocycles. The Balaban J connectivity index is 1.63. The van der Waals surface area contributed by atoms with Crippen LogP contribution in [0.25, 0.3) is 0 Å². The van der Waals surface area contributed by atoms with Gasteiger partial charge in [0.25, 0.3) is 11.6 Å². The fraction of sp³-hybridized carbons (Fsp3) is 0.667. The van der Waals surface area contributed by atoms with Gasteiger partial charge in [-0.3, -0.25) is 14.9 Å². The third-order valence-corrected chi connectivity index (χ3v) is 7.00. The number of nitrogens with zero attached hydrogens (tertiary/aromatic N) is 2. The van der Waals surface area contributed by atoms with Crippen LogP contribution in [0.2, 0.25) is 0 Å². The predicted molar refractivity (Wildman–Crippen MR) is 111 cm³/mol. The minimum atomic E-state index is -0.452. The molecule has 1 unspecified atom stereocenters. The SMILES string of the molecule is CNc1cc(N2C[C@H]3C[C@@H](C2)C3O)c(C(=O)NC2CCC(C)CC2)cc1[N+](=O)[O-]. The van der Waals surface area contributed by atoms with E-state index in [1.807, 2.05) is 0 Å². The highest BCUT2D eigenvalue weighted by Crippen LogP contribution is 2.43. The molecule has 5 rings (SSSR count). The van der Waals surface area contributed by atoms with E-state index in [0.717, 1.165) is 32.1 Å². The second kappa shape index (κ2) is 7.82. The molecule has 1 aromatic carbocycles. The van der Waals surface area contributed by atoms with Crippen molar-refractivity contribution in [3.63, 3.8) is 0 Å². The molecule has 0 spiro atoms. The molecule has 3 N–H and O–H groups in total. The molecule has 0 aromatic heterocycles. The van der Waals surface area contributed by atoms with Gasteiger partial charge < -0.3 is 20.6 Å². The third-order valence-electron chi connectivity index (χ3n) is 7.00. The molecule has 2 aliphatic carbocycles. The smallest absolute Gasteiger partial charge is 0.293 e. The van der Waals surface area contributed by atoms with Crippen LogP contribution in [0.4, 0.5) is 17.1 Å². The predicted octanol–water partition coefficient (Wildman–Crippen LogP) is 2.76. The molecule has 2 bridgehead atoms. The zero-order chi connectivity index (χ0) is 20.7. The quantitative estimate of drug-likeness (QED) is 0.516. The molecular weight excluding hydrogens is 372 g/mol. The Hall–Kier alpha value is -2.35. The second-order valence-electron chi connectivity index (χ2n) is 8.98. The second-order valence-corrected chi connectivity index (χ2v) is 8.98. The van der Waals surface area contributed by atoms with Gasteiger partial charge in [-0.05, 0) is 44.1 Å². The number of aliphatic hydroxyl groups excluding tert-OH is 1. The molecule has 29 heavy (non-hydrogen) atoms. The van der Waals surface area contributed by atoms with E-state index >= 15 is 0 Å². The molecule has 1 amide bonds. The topological polar surface area (TPSA) is 108 Å². The Morgan fingerprint density at radius 1 is 1.21 bits per heavy atom. The summed E-state index contributed by atoms with van der Waals surface area (Å²) in [6.07, 6.45) is 4.80. The maximum atomic E-state index is 13.2. The Labute approximate surface area is 170 Å². The number of piperidine rings is 2. The standard InChI is InChI=1S/C21H30N4O4/c1-12-3-5-15(6-4-12)23-21(27)16-8-19(25(28)29)17(22-2)9-18(16)24-10-13-7-14(11-24)20(13)26/h8-9,12-15,20,22,26H,3-7,10-11H2,1-2H3,(H,23,27)/t12?,13-,14+,15?,20?. The lowest BCUT2D eigenvalue weighted by atomic mass is 9.68. The zero-order valence-electron chi connectivity index (χ0n) is 17.1. The van der Waals surface area contributed by atoms with E-state index in [9.17, 15) is 20.0 Å². The minimum Gasteiger partial charge on any atom is -0.392 e. The van der Waals surface area contributed by atoms with E-state index in [4.69, 9.17) is 0 Å². The third kappa shape index (κ3) is 3.77. The number of carbonyl (C=O) groups excluding carboxylic acids is 1. The fourth-order valence-electron chi connectivity index (χ4n) is 5.10. The van der Waals surface area contributed by atoms with Crippen LogP contribution in [0.1, 0.15) is 49.4 Å². The molecule has 3 atom stereocenters. The van der Waals surface area contributed by atoms with Gasteiger partial charge in [0.2, 0.25) is 0 Å². The number of anilines is 2. The summed E-state index contributed by atoms with van der Waals surface area (Å²) in [5.74, 6) is 0.849. The molecule has 2 saturated heterocycles. The Morgan fingerprint density at radius 3 is 2.41 bits per heavy atom. The molecule has 1 aromatic rings. The highest BCUT2D eigenvalue weighted by molar-refractivity contribution is 6.02. The lowest BCUT2D eigenvalue weighted by molar-refractivity contribution is -0.384. The van der Waals surface area contributed by atoms with Gasteiger partial charge in [0, 0.05) is 44.1 Å². The first kappa shape index (κ1) is 19.9. The number of nitrogens with one attached hydrogen (secondary N) is 2. The molecule has 4 aliphatic rings. The van der Waals surface area contributed by atoms with E-state index in [1.165, 1.54) is 6.07 Å². The van der Waals surface area contributed by atoms with Gasteiger partial charge in [-0.25, -0.2) is 0 Å². The number of nitro groups is 1. The van der Waals surface area contributed by atoms with Crippen molar-refractivity contribution in [2.75, 3.05) is 30.4 Å².